The lowest BCUT2D eigenvalue weighted by atomic mass is 10.0. The van der Waals surface area contributed by atoms with Crippen molar-refractivity contribution < 1.29 is 14.3 Å². The zero-order valence-electron chi connectivity index (χ0n) is 9.32. The molecule has 1 unspecified atom stereocenters. The third kappa shape index (κ3) is 2.64. The molecule has 17 heavy (non-hydrogen) atoms. The molecular formula is C13H14FNO2. The van der Waals surface area contributed by atoms with E-state index in [1.807, 2.05) is 6.08 Å². The number of aromatic carboxylic acids is 1. The number of rotatable bonds is 3. The Morgan fingerprint density at radius 2 is 2.24 bits per heavy atom. The number of benzene rings is 1. The summed E-state index contributed by atoms with van der Waals surface area (Å²) in [6, 6.07) is 4.19. The van der Waals surface area contributed by atoms with Crippen molar-refractivity contribution in [2.75, 3.05) is 5.32 Å². The Kier molecular flexibility index (Phi) is 3.42. The third-order valence-electron chi connectivity index (χ3n) is 2.86. The molecule has 0 fully saturated rings. The molecule has 0 saturated carbocycles. The van der Waals surface area contributed by atoms with E-state index in [-0.39, 0.29) is 17.3 Å². The summed E-state index contributed by atoms with van der Waals surface area (Å²) in [5.41, 5.74) is 0.0832. The molecule has 0 saturated heterocycles. The predicted molar refractivity (Wildman–Crippen MR) is 63.8 cm³/mol. The fraction of sp³-hybridized carbons (Fsp3) is 0.308. The van der Waals surface area contributed by atoms with Gasteiger partial charge in [-0.1, -0.05) is 18.2 Å². The maximum absolute atomic E-state index is 13.6. The zero-order valence-corrected chi connectivity index (χ0v) is 9.32. The molecule has 2 rings (SSSR count). The minimum absolute atomic E-state index is 0.0143. The Morgan fingerprint density at radius 3 is 2.88 bits per heavy atom. The monoisotopic (exact) mass is 235 g/mol. The molecule has 0 amide bonds. The van der Waals surface area contributed by atoms with Crippen molar-refractivity contribution in [3.05, 3.63) is 41.7 Å². The summed E-state index contributed by atoms with van der Waals surface area (Å²) >= 11 is 0. The molecule has 90 valence electrons. The van der Waals surface area contributed by atoms with Crippen LogP contribution in [0.25, 0.3) is 0 Å². The fourth-order valence-electron chi connectivity index (χ4n) is 1.98. The Labute approximate surface area is 99.0 Å². The number of hydrogen-bond donors (Lipinski definition) is 2. The van der Waals surface area contributed by atoms with Gasteiger partial charge in [-0.2, -0.15) is 0 Å². The van der Waals surface area contributed by atoms with Gasteiger partial charge < -0.3 is 10.4 Å². The molecule has 0 aliphatic heterocycles. The number of hydrogen-bond acceptors (Lipinski definition) is 2. The van der Waals surface area contributed by atoms with E-state index in [4.69, 9.17) is 5.11 Å². The van der Waals surface area contributed by atoms with Crippen LogP contribution < -0.4 is 5.32 Å². The van der Waals surface area contributed by atoms with E-state index >= 15 is 0 Å². The number of allylic oxidation sites excluding steroid dienone is 1. The first-order valence-electron chi connectivity index (χ1n) is 5.62. The maximum atomic E-state index is 13.6. The van der Waals surface area contributed by atoms with E-state index in [9.17, 15) is 9.18 Å². The summed E-state index contributed by atoms with van der Waals surface area (Å²) in [6.07, 6.45) is 6.74. The molecule has 0 bridgehead atoms. The van der Waals surface area contributed by atoms with E-state index < -0.39 is 11.8 Å². The highest BCUT2D eigenvalue weighted by Gasteiger charge is 2.17. The van der Waals surface area contributed by atoms with Gasteiger partial charge in [0.05, 0.1) is 11.3 Å². The van der Waals surface area contributed by atoms with Crippen LogP contribution >= 0.6 is 0 Å². The smallest absolute Gasteiger partial charge is 0.337 e. The van der Waals surface area contributed by atoms with Crippen LogP contribution in [0.4, 0.5) is 10.1 Å². The first kappa shape index (κ1) is 11.6. The summed E-state index contributed by atoms with van der Waals surface area (Å²) < 4.78 is 13.6. The van der Waals surface area contributed by atoms with E-state index in [2.05, 4.69) is 11.4 Å². The molecule has 2 N–H and O–H groups in total. The third-order valence-corrected chi connectivity index (χ3v) is 2.86. The Hall–Kier alpha value is -1.84. The molecule has 1 aliphatic carbocycles. The second kappa shape index (κ2) is 4.99. The second-order valence-electron chi connectivity index (χ2n) is 4.09. The van der Waals surface area contributed by atoms with Crippen LogP contribution in [0.1, 0.15) is 29.6 Å². The molecule has 1 aromatic carbocycles. The Balaban J connectivity index is 2.24. The molecule has 0 aromatic heterocycles. The van der Waals surface area contributed by atoms with E-state index in [0.29, 0.717) is 0 Å². The number of carboxylic acids is 1. The number of nitrogens with one attached hydrogen (secondary N) is 1. The topological polar surface area (TPSA) is 49.3 Å². The van der Waals surface area contributed by atoms with Gasteiger partial charge >= 0.3 is 5.97 Å². The minimum Gasteiger partial charge on any atom is -0.478 e. The van der Waals surface area contributed by atoms with Crippen LogP contribution in [-0.4, -0.2) is 17.1 Å². The van der Waals surface area contributed by atoms with Crippen molar-refractivity contribution in [2.24, 2.45) is 0 Å². The Bertz CT molecular complexity index is 457. The van der Waals surface area contributed by atoms with Gasteiger partial charge in [-0.05, 0) is 31.4 Å². The van der Waals surface area contributed by atoms with Gasteiger partial charge in [-0.25, -0.2) is 9.18 Å². The fourth-order valence-corrected chi connectivity index (χ4v) is 1.98. The average molecular weight is 235 g/mol. The summed E-state index contributed by atoms with van der Waals surface area (Å²) in [4.78, 5) is 11.0. The van der Waals surface area contributed by atoms with Crippen molar-refractivity contribution in [1.82, 2.24) is 0 Å². The lowest BCUT2D eigenvalue weighted by Gasteiger charge is -2.22. The Morgan fingerprint density at radius 1 is 1.41 bits per heavy atom. The molecule has 0 heterocycles. The summed E-state index contributed by atoms with van der Waals surface area (Å²) in [5, 5.41) is 12.0. The maximum Gasteiger partial charge on any atom is 0.337 e. The highest BCUT2D eigenvalue weighted by molar-refractivity contribution is 5.94. The van der Waals surface area contributed by atoms with Gasteiger partial charge in [-0.15, -0.1) is 0 Å². The minimum atomic E-state index is -1.11. The number of para-hydroxylation sites is 1. The van der Waals surface area contributed by atoms with Crippen molar-refractivity contribution in [3.8, 4) is 0 Å². The molecule has 0 spiro atoms. The normalized spacial score (nSPS) is 19.0. The average Bonchev–Trinajstić information content (AvgIpc) is 2.33. The zero-order chi connectivity index (χ0) is 12.3. The standard InChI is InChI=1S/C13H14FNO2/c14-11-8-4-7-10(13(16)17)12(11)15-9-5-2-1-3-6-9/h1-2,4,7-9,15H,3,5-6H2,(H,16,17). The highest BCUT2D eigenvalue weighted by Crippen LogP contribution is 2.24. The van der Waals surface area contributed by atoms with Crippen LogP contribution in [0.2, 0.25) is 0 Å². The molecule has 0 radical (unpaired) electrons. The van der Waals surface area contributed by atoms with Crippen LogP contribution in [0.15, 0.2) is 30.4 Å². The van der Waals surface area contributed by atoms with Gasteiger partial charge in [0.1, 0.15) is 5.82 Å². The first-order valence-corrected chi connectivity index (χ1v) is 5.62. The van der Waals surface area contributed by atoms with Gasteiger partial charge in [0.2, 0.25) is 0 Å². The van der Waals surface area contributed by atoms with Crippen molar-refractivity contribution >= 4 is 11.7 Å². The number of carboxylic acid groups (broad SMARTS) is 1. The lowest BCUT2D eigenvalue weighted by molar-refractivity contribution is 0.0697. The van der Waals surface area contributed by atoms with Crippen molar-refractivity contribution in [3.63, 3.8) is 0 Å². The van der Waals surface area contributed by atoms with Crippen LogP contribution in [0.5, 0.6) is 0 Å². The lowest BCUT2D eigenvalue weighted by Crippen LogP contribution is -2.22. The second-order valence-corrected chi connectivity index (χ2v) is 4.09. The number of anilines is 1. The van der Waals surface area contributed by atoms with Gasteiger partial charge in [0, 0.05) is 6.04 Å². The SMILES string of the molecule is O=C(O)c1cccc(F)c1NC1CC=CCC1. The van der Waals surface area contributed by atoms with E-state index in [1.54, 1.807) is 0 Å². The van der Waals surface area contributed by atoms with E-state index in [1.165, 1.54) is 18.2 Å². The van der Waals surface area contributed by atoms with Gasteiger partial charge in [0.25, 0.3) is 0 Å². The number of carbonyl (C=O) groups is 1. The largest absolute Gasteiger partial charge is 0.478 e. The van der Waals surface area contributed by atoms with Crippen LogP contribution in [0.3, 0.4) is 0 Å². The molecular weight excluding hydrogens is 221 g/mol. The van der Waals surface area contributed by atoms with Gasteiger partial charge in [0.15, 0.2) is 0 Å². The molecule has 4 heteroatoms. The molecule has 3 nitrogen and oxygen atoms in total. The van der Waals surface area contributed by atoms with Crippen molar-refractivity contribution in [2.45, 2.75) is 25.3 Å². The predicted octanol–water partition coefficient (Wildman–Crippen LogP) is 3.04. The summed E-state index contributed by atoms with van der Waals surface area (Å²) in [5.74, 6) is -1.63. The summed E-state index contributed by atoms with van der Waals surface area (Å²) in [6.45, 7) is 0. The van der Waals surface area contributed by atoms with E-state index in [0.717, 1.165) is 19.3 Å². The van der Waals surface area contributed by atoms with Crippen LogP contribution in [0, 0.1) is 5.82 Å². The highest BCUT2D eigenvalue weighted by atomic mass is 19.1. The first-order chi connectivity index (χ1) is 8.18. The molecule has 1 aliphatic rings. The van der Waals surface area contributed by atoms with Crippen LogP contribution in [-0.2, 0) is 0 Å². The molecule has 1 aromatic rings. The quantitative estimate of drug-likeness (QED) is 0.792. The molecule has 1 atom stereocenters. The number of halogens is 1. The van der Waals surface area contributed by atoms with Crippen molar-refractivity contribution in [1.29, 1.82) is 0 Å². The summed E-state index contributed by atoms with van der Waals surface area (Å²) in [7, 11) is 0. The van der Waals surface area contributed by atoms with Gasteiger partial charge in [-0.3, -0.25) is 0 Å².